The molecule has 5 aromatic rings. The molecular weight excluding hydrogens is 671 g/mol. The van der Waals surface area contributed by atoms with E-state index < -0.39 is 23.0 Å². The largest absolute Gasteiger partial charge is 0.497 e. The van der Waals surface area contributed by atoms with Crippen molar-refractivity contribution in [1.82, 2.24) is 5.32 Å². The van der Waals surface area contributed by atoms with Gasteiger partial charge in [-0.25, -0.2) is 4.79 Å². The molecular formula is C39H35N3O6S2. The summed E-state index contributed by atoms with van der Waals surface area (Å²) in [5, 5.41) is 10.2. The van der Waals surface area contributed by atoms with E-state index in [1.807, 2.05) is 42.6 Å². The van der Waals surface area contributed by atoms with Crippen molar-refractivity contribution in [3.8, 4) is 16.9 Å². The lowest BCUT2D eigenvalue weighted by Gasteiger charge is -2.14. The van der Waals surface area contributed by atoms with Crippen LogP contribution in [0.2, 0.25) is 0 Å². The van der Waals surface area contributed by atoms with Gasteiger partial charge in [0.1, 0.15) is 22.0 Å². The molecule has 50 heavy (non-hydrogen) atoms. The Bertz CT molecular complexity index is 2020. The molecule has 254 valence electrons. The van der Waals surface area contributed by atoms with Crippen LogP contribution in [0.3, 0.4) is 0 Å². The van der Waals surface area contributed by atoms with Gasteiger partial charge in [-0.1, -0.05) is 66.2 Å². The fourth-order valence-electron chi connectivity index (χ4n) is 4.83. The number of thiophene rings is 1. The minimum atomic E-state index is -0.563. The van der Waals surface area contributed by atoms with Crippen molar-refractivity contribution in [2.24, 2.45) is 0 Å². The summed E-state index contributed by atoms with van der Waals surface area (Å²) in [6.07, 6.45) is 1.58. The number of hydrogen-bond donors (Lipinski definition) is 3. The summed E-state index contributed by atoms with van der Waals surface area (Å²) in [5.41, 5.74) is 4.51. The third kappa shape index (κ3) is 9.07. The molecule has 0 saturated carbocycles. The number of thioether (sulfide) groups is 1. The van der Waals surface area contributed by atoms with Gasteiger partial charge in [0.15, 0.2) is 0 Å². The summed E-state index contributed by atoms with van der Waals surface area (Å²) >= 11 is 2.55. The zero-order valence-corrected chi connectivity index (χ0v) is 29.4. The van der Waals surface area contributed by atoms with Crippen molar-refractivity contribution in [2.45, 2.75) is 24.0 Å². The van der Waals surface area contributed by atoms with Gasteiger partial charge in [0.25, 0.3) is 11.8 Å². The predicted octanol–water partition coefficient (Wildman–Crippen LogP) is 8.05. The Hall–Kier alpha value is -5.65. The van der Waals surface area contributed by atoms with Crippen molar-refractivity contribution < 1.29 is 28.7 Å². The molecule has 3 amide bonds. The number of methoxy groups -OCH3 is 2. The third-order valence-corrected chi connectivity index (χ3v) is 9.50. The highest BCUT2D eigenvalue weighted by molar-refractivity contribution is 8.00. The van der Waals surface area contributed by atoms with Crippen molar-refractivity contribution in [3.63, 3.8) is 0 Å². The number of rotatable bonds is 12. The lowest BCUT2D eigenvalue weighted by atomic mass is 10.0. The zero-order chi connectivity index (χ0) is 35.6. The van der Waals surface area contributed by atoms with Gasteiger partial charge in [-0.2, -0.15) is 0 Å². The molecule has 0 aliphatic heterocycles. The molecule has 0 spiro atoms. The highest BCUT2D eigenvalue weighted by atomic mass is 32.2. The molecule has 0 aliphatic carbocycles. The number of carbonyl (C=O) groups is 4. The Morgan fingerprint density at radius 3 is 2.24 bits per heavy atom. The zero-order valence-electron chi connectivity index (χ0n) is 27.8. The summed E-state index contributed by atoms with van der Waals surface area (Å²) in [7, 11) is 2.88. The molecule has 0 fully saturated rings. The topological polar surface area (TPSA) is 123 Å². The molecule has 1 unspecified atom stereocenters. The van der Waals surface area contributed by atoms with Crippen LogP contribution in [0.4, 0.5) is 10.7 Å². The van der Waals surface area contributed by atoms with E-state index in [0.717, 1.165) is 16.0 Å². The summed E-state index contributed by atoms with van der Waals surface area (Å²) in [4.78, 5) is 53.4. The number of nitrogens with one attached hydrogen (secondary N) is 3. The maximum atomic E-state index is 13.6. The molecule has 0 radical (unpaired) electrons. The van der Waals surface area contributed by atoms with Crippen molar-refractivity contribution >= 4 is 63.6 Å². The Labute approximate surface area is 298 Å². The second-order valence-electron chi connectivity index (χ2n) is 11.1. The lowest BCUT2D eigenvalue weighted by Crippen LogP contribution is -2.30. The van der Waals surface area contributed by atoms with Gasteiger partial charge < -0.3 is 25.4 Å². The maximum Gasteiger partial charge on any atom is 0.341 e. The van der Waals surface area contributed by atoms with Crippen LogP contribution in [-0.4, -0.2) is 43.2 Å². The first-order valence-electron chi connectivity index (χ1n) is 15.5. The maximum absolute atomic E-state index is 13.6. The molecule has 9 nitrogen and oxygen atoms in total. The monoisotopic (exact) mass is 705 g/mol. The molecule has 0 bridgehead atoms. The third-order valence-electron chi connectivity index (χ3n) is 7.51. The molecule has 0 saturated heterocycles. The molecule has 11 heteroatoms. The minimum absolute atomic E-state index is 0.0391. The SMILES string of the molecule is COC(=O)c1c(-c2ccc(C)cc2)csc1NC(=O)C(C)Sc1cccc(NC(=O)/C(=C\c2ccc(OC)cc2)NC(=O)c2ccccc2)c1. The second kappa shape index (κ2) is 16.6. The predicted molar refractivity (Wildman–Crippen MR) is 200 cm³/mol. The summed E-state index contributed by atoms with van der Waals surface area (Å²) in [6, 6.07) is 30.5. The molecule has 1 heterocycles. The van der Waals surface area contributed by atoms with Crippen LogP contribution in [0.5, 0.6) is 5.75 Å². The molecule has 1 atom stereocenters. The average molecular weight is 706 g/mol. The summed E-state index contributed by atoms with van der Waals surface area (Å²) < 4.78 is 10.3. The van der Waals surface area contributed by atoms with Crippen LogP contribution in [0, 0.1) is 6.92 Å². The van der Waals surface area contributed by atoms with Gasteiger partial charge >= 0.3 is 5.97 Å². The van der Waals surface area contributed by atoms with Gasteiger partial charge in [0.05, 0.1) is 19.5 Å². The molecule has 4 aromatic carbocycles. The van der Waals surface area contributed by atoms with Crippen LogP contribution < -0.4 is 20.7 Å². The fraction of sp³-hybridized carbons (Fsp3) is 0.128. The van der Waals surface area contributed by atoms with Crippen molar-refractivity contribution in [1.29, 1.82) is 0 Å². The lowest BCUT2D eigenvalue weighted by molar-refractivity contribution is -0.115. The number of amides is 3. The highest BCUT2D eigenvalue weighted by Crippen LogP contribution is 2.37. The number of aryl methyl sites for hydroxylation is 1. The number of ether oxygens (including phenoxy) is 2. The first-order valence-corrected chi connectivity index (χ1v) is 17.3. The Morgan fingerprint density at radius 2 is 1.56 bits per heavy atom. The smallest absolute Gasteiger partial charge is 0.341 e. The second-order valence-corrected chi connectivity index (χ2v) is 13.4. The van der Waals surface area contributed by atoms with E-state index in [4.69, 9.17) is 9.47 Å². The number of anilines is 2. The van der Waals surface area contributed by atoms with Crippen LogP contribution in [0.1, 0.15) is 38.8 Å². The van der Waals surface area contributed by atoms with E-state index in [1.54, 1.807) is 92.9 Å². The van der Waals surface area contributed by atoms with E-state index >= 15 is 0 Å². The van der Waals surface area contributed by atoms with E-state index in [-0.39, 0.29) is 11.6 Å². The van der Waals surface area contributed by atoms with Gasteiger partial charge in [-0.05, 0) is 73.5 Å². The molecule has 5 rings (SSSR count). The Balaban J connectivity index is 1.30. The number of benzene rings is 4. The van der Waals surface area contributed by atoms with Crippen molar-refractivity contribution in [2.75, 3.05) is 24.9 Å². The van der Waals surface area contributed by atoms with Crippen LogP contribution in [-0.2, 0) is 14.3 Å². The van der Waals surface area contributed by atoms with Gasteiger partial charge in [0, 0.05) is 27.1 Å². The Kier molecular flexibility index (Phi) is 11.9. The van der Waals surface area contributed by atoms with Crippen LogP contribution in [0.15, 0.2) is 119 Å². The fourth-order valence-corrected chi connectivity index (χ4v) is 6.71. The molecule has 1 aromatic heterocycles. The quantitative estimate of drug-likeness (QED) is 0.0682. The van der Waals surface area contributed by atoms with E-state index in [1.165, 1.54) is 30.2 Å². The number of carbonyl (C=O) groups excluding carboxylic acids is 4. The van der Waals surface area contributed by atoms with Crippen molar-refractivity contribution in [3.05, 3.63) is 136 Å². The number of hydrogen-bond acceptors (Lipinski definition) is 8. The van der Waals surface area contributed by atoms with Crippen LogP contribution >= 0.6 is 23.1 Å². The normalized spacial score (nSPS) is 11.6. The summed E-state index contributed by atoms with van der Waals surface area (Å²) in [5.74, 6) is -1.15. The highest BCUT2D eigenvalue weighted by Gasteiger charge is 2.24. The van der Waals surface area contributed by atoms with E-state index in [0.29, 0.717) is 38.7 Å². The molecule has 0 aliphatic rings. The van der Waals surface area contributed by atoms with Crippen LogP contribution in [0.25, 0.3) is 17.2 Å². The first-order chi connectivity index (χ1) is 24.1. The van der Waals surface area contributed by atoms with Gasteiger partial charge in [-0.15, -0.1) is 23.1 Å². The minimum Gasteiger partial charge on any atom is -0.497 e. The average Bonchev–Trinajstić information content (AvgIpc) is 3.55. The molecule has 3 N–H and O–H groups in total. The standard InChI is InChI=1S/C39H35N3O6S2/c1-24-13-17-27(18-14-24)32-23-49-38(34(32)39(46)48-4)42-35(43)25(2)50-31-12-8-11-29(22-31)40-37(45)33(21-26-15-19-30(47-3)20-16-26)41-36(44)28-9-6-5-7-10-28/h5-23,25H,1-4H3,(H,40,45)(H,41,44)(H,42,43)/b33-21+. The Morgan fingerprint density at radius 1 is 0.840 bits per heavy atom. The van der Waals surface area contributed by atoms with Gasteiger partial charge in [0.2, 0.25) is 5.91 Å². The van der Waals surface area contributed by atoms with E-state index in [2.05, 4.69) is 16.0 Å². The van der Waals surface area contributed by atoms with Gasteiger partial charge in [-0.3, -0.25) is 14.4 Å². The summed E-state index contributed by atoms with van der Waals surface area (Å²) in [6.45, 7) is 3.74. The van der Waals surface area contributed by atoms with E-state index in [9.17, 15) is 19.2 Å². The first kappa shape index (κ1) is 35.7. The number of esters is 1.